The molecular weight excluding hydrogens is 210 g/mol. The molecule has 0 aliphatic carbocycles. The maximum Gasteiger partial charge on any atom is 0.143 e. The second-order valence-electron chi connectivity index (χ2n) is 3.66. The molecule has 1 N–H and O–H groups in total. The van der Waals surface area contributed by atoms with Crippen LogP contribution < -0.4 is 5.32 Å². The summed E-state index contributed by atoms with van der Waals surface area (Å²) >= 11 is 1.65. The van der Waals surface area contributed by atoms with Gasteiger partial charge < -0.3 is 10.1 Å². The van der Waals surface area contributed by atoms with Crippen LogP contribution in [0.25, 0.3) is 0 Å². The first-order valence-electron chi connectivity index (χ1n) is 5.30. The molecule has 0 aliphatic heterocycles. The lowest BCUT2D eigenvalue weighted by atomic mass is 10.3. The molecule has 0 bridgehead atoms. The molecule has 0 spiro atoms. The molecule has 1 aromatic rings. The summed E-state index contributed by atoms with van der Waals surface area (Å²) in [6, 6.07) is 0. The molecule has 0 atom stereocenters. The Balaban J connectivity index is 2.29. The van der Waals surface area contributed by atoms with Crippen molar-refractivity contribution in [2.75, 3.05) is 13.6 Å². The predicted octanol–water partition coefficient (Wildman–Crippen LogP) is 1.62. The lowest BCUT2D eigenvalue weighted by Crippen LogP contribution is -2.08. The Bertz CT molecular complexity index is 275. The van der Waals surface area contributed by atoms with Crippen LogP contribution in [0.3, 0.4) is 0 Å². The minimum atomic E-state index is 0.252. The number of hydrogen-bond acceptors (Lipinski definition) is 5. The van der Waals surface area contributed by atoms with E-state index in [1.807, 2.05) is 20.9 Å². The Kier molecular flexibility index (Phi) is 5.75. The van der Waals surface area contributed by atoms with Crippen molar-refractivity contribution in [3.63, 3.8) is 0 Å². The molecule has 15 heavy (non-hydrogen) atoms. The SMILES string of the molecule is CNCCCc1nnc(COC(C)C)s1. The molecule has 86 valence electrons. The first-order chi connectivity index (χ1) is 7.22. The van der Waals surface area contributed by atoms with Gasteiger partial charge in [-0.05, 0) is 33.9 Å². The van der Waals surface area contributed by atoms with E-state index in [2.05, 4.69) is 15.5 Å². The van der Waals surface area contributed by atoms with Crippen molar-refractivity contribution < 1.29 is 4.74 Å². The van der Waals surface area contributed by atoms with E-state index >= 15 is 0 Å². The standard InChI is InChI=1S/C10H19N3OS/c1-8(2)14-7-10-13-12-9(15-10)5-4-6-11-3/h8,11H,4-7H2,1-3H3. The second kappa shape index (κ2) is 6.87. The molecule has 0 aliphatic rings. The smallest absolute Gasteiger partial charge is 0.143 e. The van der Waals surface area contributed by atoms with Crippen LogP contribution in [-0.4, -0.2) is 29.9 Å². The van der Waals surface area contributed by atoms with Gasteiger partial charge in [0.25, 0.3) is 0 Å². The van der Waals surface area contributed by atoms with Gasteiger partial charge in [0, 0.05) is 6.42 Å². The van der Waals surface area contributed by atoms with Gasteiger partial charge in [-0.3, -0.25) is 0 Å². The Hall–Kier alpha value is -0.520. The lowest BCUT2D eigenvalue weighted by Gasteiger charge is -2.03. The topological polar surface area (TPSA) is 47.0 Å². The zero-order chi connectivity index (χ0) is 11.1. The monoisotopic (exact) mass is 229 g/mol. The number of nitrogens with one attached hydrogen (secondary N) is 1. The van der Waals surface area contributed by atoms with Crippen LogP contribution in [0.5, 0.6) is 0 Å². The molecule has 0 saturated heterocycles. The Morgan fingerprint density at radius 3 is 2.73 bits per heavy atom. The third-order valence-corrected chi connectivity index (χ3v) is 2.82. The highest BCUT2D eigenvalue weighted by molar-refractivity contribution is 7.11. The molecule has 1 aromatic heterocycles. The summed E-state index contributed by atoms with van der Waals surface area (Å²) in [7, 11) is 1.96. The van der Waals surface area contributed by atoms with Gasteiger partial charge in [-0.15, -0.1) is 10.2 Å². The molecule has 1 heterocycles. The van der Waals surface area contributed by atoms with E-state index in [1.54, 1.807) is 11.3 Å². The Morgan fingerprint density at radius 2 is 2.07 bits per heavy atom. The molecule has 5 heteroatoms. The maximum atomic E-state index is 5.46. The quantitative estimate of drug-likeness (QED) is 0.722. The van der Waals surface area contributed by atoms with Crippen LogP contribution in [-0.2, 0) is 17.8 Å². The third kappa shape index (κ3) is 5.20. The predicted molar refractivity (Wildman–Crippen MR) is 62.1 cm³/mol. The maximum absolute atomic E-state index is 5.46. The molecule has 0 unspecified atom stereocenters. The summed E-state index contributed by atoms with van der Waals surface area (Å²) in [4.78, 5) is 0. The van der Waals surface area contributed by atoms with Crippen LogP contribution >= 0.6 is 11.3 Å². The largest absolute Gasteiger partial charge is 0.372 e. The van der Waals surface area contributed by atoms with Crippen molar-refractivity contribution in [3.8, 4) is 0 Å². The number of hydrogen-bond donors (Lipinski definition) is 1. The van der Waals surface area contributed by atoms with Gasteiger partial charge in [0.15, 0.2) is 0 Å². The van der Waals surface area contributed by atoms with Crippen LogP contribution in [0, 0.1) is 0 Å². The fourth-order valence-electron chi connectivity index (χ4n) is 1.10. The van der Waals surface area contributed by atoms with Crippen LogP contribution in [0.1, 0.15) is 30.3 Å². The Labute approximate surface area is 95.1 Å². The molecule has 0 amide bonds. The fraction of sp³-hybridized carbons (Fsp3) is 0.800. The zero-order valence-electron chi connectivity index (χ0n) is 9.62. The molecule has 0 aromatic carbocycles. The summed E-state index contributed by atoms with van der Waals surface area (Å²) in [5, 5.41) is 13.4. The van der Waals surface area contributed by atoms with Gasteiger partial charge in [-0.2, -0.15) is 0 Å². The second-order valence-corrected chi connectivity index (χ2v) is 4.80. The van der Waals surface area contributed by atoms with Gasteiger partial charge in [0.1, 0.15) is 16.6 Å². The van der Waals surface area contributed by atoms with E-state index in [-0.39, 0.29) is 6.10 Å². The van der Waals surface area contributed by atoms with E-state index < -0.39 is 0 Å². The summed E-state index contributed by atoms with van der Waals surface area (Å²) in [5.41, 5.74) is 0. The van der Waals surface area contributed by atoms with Gasteiger partial charge in [-0.25, -0.2) is 0 Å². The van der Waals surface area contributed by atoms with Crippen molar-refractivity contribution in [2.24, 2.45) is 0 Å². The molecule has 4 nitrogen and oxygen atoms in total. The summed E-state index contributed by atoms with van der Waals surface area (Å²) in [6.07, 6.45) is 2.36. The van der Waals surface area contributed by atoms with Crippen LogP contribution in [0.15, 0.2) is 0 Å². The molecule has 0 fully saturated rings. The molecule has 1 rings (SSSR count). The number of aromatic nitrogens is 2. The normalized spacial score (nSPS) is 11.2. The van der Waals surface area contributed by atoms with Gasteiger partial charge >= 0.3 is 0 Å². The number of rotatable bonds is 7. The first-order valence-corrected chi connectivity index (χ1v) is 6.11. The van der Waals surface area contributed by atoms with Gasteiger partial charge in [-0.1, -0.05) is 11.3 Å². The van der Waals surface area contributed by atoms with E-state index in [9.17, 15) is 0 Å². The van der Waals surface area contributed by atoms with E-state index in [4.69, 9.17) is 4.74 Å². The average Bonchev–Trinajstić information content (AvgIpc) is 2.63. The van der Waals surface area contributed by atoms with E-state index in [0.717, 1.165) is 29.4 Å². The molecule has 0 radical (unpaired) electrons. The van der Waals surface area contributed by atoms with Crippen LogP contribution in [0.4, 0.5) is 0 Å². The number of nitrogens with zero attached hydrogens (tertiary/aromatic N) is 2. The zero-order valence-corrected chi connectivity index (χ0v) is 10.4. The average molecular weight is 229 g/mol. The highest BCUT2D eigenvalue weighted by Crippen LogP contribution is 2.13. The highest BCUT2D eigenvalue weighted by atomic mass is 32.1. The van der Waals surface area contributed by atoms with Crippen molar-refractivity contribution in [1.82, 2.24) is 15.5 Å². The molecular formula is C10H19N3OS. The van der Waals surface area contributed by atoms with Crippen molar-refractivity contribution in [3.05, 3.63) is 10.0 Å². The lowest BCUT2D eigenvalue weighted by molar-refractivity contribution is 0.0652. The summed E-state index contributed by atoms with van der Waals surface area (Å²) in [5.74, 6) is 0. The molecule has 0 saturated carbocycles. The van der Waals surface area contributed by atoms with Crippen LogP contribution in [0.2, 0.25) is 0 Å². The van der Waals surface area contributed by atoms with Crippen molar-refractivity contribution in [2.45, 2.75) is 39.4 Å². The van der Waals surface area contributed by atoms with Gasteiger partial charge in [0.05, 0.1) is 6.10 Å². The number of aryl methyl sites for hydroxylation is 1. The Morgan fingerprint density at radius 1 is 1.33 bits per heavy atom. The minimum absolute atomic E-state index is 0.252. The summed E-state index contributed by atoms with van der Waals surface area (Å²) in [6.45, 7) is 5.66. The highest BCUT2D eigenvalue weighted by Gasteiger charge is 2.04. The van der Waals surface area contributed by atoms with Crippen molar-refractivity contribution >= 4 is 11.3 Å². The minimum Gasteiger partial charge on any atom is -0.372 e. The number of ether oxygens (including phenoxy) is 1. The van der Waals surface area contributed by atoms with Crippen molar-refractivity contribution in [1.29, 1.82) is 0 Å². The fourth-order valence-corrected chi connectivity index (χ4v) is 1.91. The van der Waals surface area contributed by atoms with E-state index in [1.165, 1.54) is 0 Å². The van der Waals surface area contributed by atoms with E-state index in [0.29, 0.717) is 6.61 Å². The van der Waals surface area contributed by atoms with Gasteiger partial charge in [0.2, 0.25) is 0 Å². The summed E-state index contributed by atoms with van der Waals surface area (Å²) < 4.78 is 5.46. The third-order valence-electron chi connectivity index (χ3n) is 1.87. The first kappa shape index (κ1) is 12.5.